The minimum Gasteiger partial charge on any atom is -0.339 e. The van der Waals surface area contributed by atoms with Gasteiger partial charge in [0.1, 0.15) is 5.66 Å². The number of benzene rings is 2. The van der Waals surface area contributed by atoms with Gasteiger partial charge in [0.15, 0.2) is 0 Å². The minimum atomic E-state index is -0.803. The summed E-state index contributed by atoms with van der Waals surface area (Å²) >= 11 is 0. The molecule has 3 aliphatic heterocycles. The summed E-state index contributed by atoms with van der Waals surface area (Å²) in [4.78, 5) is 57.4. The van der Waals surface area contributed by atoms with Gasteiger partial charge in [0, 0.05) is 32.5 Å². The molecule has 2 aromatic rings. The van der Waals surface area contributed by atoms with E-state index in [0.29, 0.717) is 35.3 Å². The number of hydrogen-bond acceptors (Lipinski definition) is 4. The average Bonchev–Trinajstić information content (AvgIpc) is 3.48. The van der Waals surface area contributed by atoms with Gasteiger partial charge >= 0.3 is 0 Å². The molecular formula is C27H30N4O4. The molecule has 8 nitrogen and oxygen atoms in total. The van der Waals surface area contributed by atoms with E-state index in [2.05, 4.69) is 5.32 Å². The normalized spacial score (nSPS) is 21.3. The van der Waals surface area contributed by atoms with Gasteiger partial charge in [0.05, 0.1) is 22.5 Å². The molecule has 35 heavy (non-hydrogen) atoms. The van der Waals surface area contributed by atoms with Gasteiger partial charge in [-0.2, -0.15) is 0 Å². The maximum absolute atomic E-state index is 13.4. The van der Waals surface area contributed by atoms with E-state index < -0.39 is 5.66 Å². The predicted octanol–water partition coefficient (Wildman–Crippen LogP) is 3.56. The third-order valence-electron chi connectivity index (χ3n) is 7.47. The van der Waals surface area contributed by atoms with E-state index in [0.717, 1.165) is 31.5 Å². The largest absolute Gasteiger partial charge is 0.339 e. The zero-order valence-corrected chi connectivity index (χ0v) is 20.2. The van der Waals surface area contributed by atoms with E-state index in [1.54, 1.807) is 34.1 Å². The maximum Gasteiger partial charge on any atom is 0.257 e. The Morgan fingerprint density at radius 2 is 1.77 bits per heavy atom. The molecule has 0 aliphatic carbocycles. The van der Waals surface area contributed by atoms with Gasteiger partial charge < -0.3 is 15.1 Å². The van der Waals surface area contributed by atoms with Crippen LogP contribution in [-0.4, -0.2) is 58.7 Å². The molecule has 0 saturated carbocycles. The summed E-state index contributed by atoms with van der Waals surface area (Å²) in [5.41, 5.74) is 2.12. The minimum absolute atomic E-state index is 0.0214. The number of likely N-dealkylation sites (tertiary alicyclic amines) is 1. The number of rotatable bonds is 5. The lowest BCUT2D eigenvalue weighted by atomic mass is 9.98. The van der Waals surface area contributed by atoms with Crippen LogP contribution in [0.3, 0.4) is 0 Å². The Balaban J connectivity index is 1.35. The van der Waals surface area contributed by atoms with Crippen LogP contribution >= 0.6 is 0 Å². The first-order valence-corrected chi connectivity index (χ1v) is 12.2. The monoisotopic (exact) mass is 474 g/mol. The molecule has 3 heterocycles. The van der Waals surface area contributed by atoms with Crippen LogP contribution in [0.1, 0.15) is 65.3 Å². The van der Waals surface area contributed by atoms with Crippen molar-refractivity contribution >= 4 is 35.0 Å². The van der Waals surface area contributed by atoms with E-state index in [1.807, 2.05) is 36.9 Å². The van der Waals surface area contributed by atoms with Crippen LogP contribution in [0.5, 0.6) is 0 Å². The third kappa shape index (κ3) is 3.87. The van der Waals surface area contributed by atoms with Gasteiger partial charge in [-0.05, 0) is 56.9 Å². The van der Waals surface area contributed by atoms with Crippen molar-refractivity contribution < 1.29 is 19.2 Å². The van der Waals surface area contributed by atoms with Crippen molar-refractivity contribution in [1.29, 1.82) is 0 Å². The van der Waals surface area contributed by atoms with E-state index >= 15 is 0 Å². The highest BCUT2D eigenvalue weighted by molar-refractivity contribution is 6.10. The second kappa shape index (κ2) is 8.83. The predicted molar refractivity (Wildman–Crippen MR) is 132 cm³/mol. The highest BCUT2D eigenvalue weighted by atomic mass is 16.2. The summed E-state index contributed by atoms with van der Waals surface area (Å²) in [6.45, 7) is 5.38. The van der Waals surface area contributed by atoms with Crippen molar-refractivity contribution in [2.24, 2.45) is 0 Å². The zero-order chi connectivity index (χ0) is 24.7. The zero-order valence-electron chi connectivity index (χ0n) is 20.2. The highest BCUT2D eigenvalue weighted by Gasteiger charge is 2.52. The first kappa shape index (κ1) is 23.1. The van der Waals surface area contributed by atoms with Crippen molar-refractivity contribution in [1.82, 2.24) is 9.80 Å². The number of nitrogens with zero attached hydrogens (tertiary/aromatic N) is 3. The number of aryl methyl sites for hydroxylation is 1. The molecule has 4 amide bonds. The molecule has 3 aliphatic rings. The smallest absolute Gasteiger partial charge is 0.257 e. The van der Waals surface area contributed by atoms with Crippen LogP contribution in [0.15, 0.2) is 42.5 Å². The molecule has 8 heteroatoms. The fourth-order valence-electron chi connectivity index (χ4n) is 5.56. The van der Waals surface area contributed by atoms with Gasteiger partial charge in [-0.3, -0.25) is 24.1 Å². The first-order valence-electron chi connectivity index (χ1n) is 12.2. The number of carbonyl (C=O) groups is 4. The van der Waals surface area contributed by atoms with Crippen LogP contribution in [0.2, 0.25) is 0 Å². The molecule has 0 radical (unpaired) electrons. The Morgan fingerprint density at radius 1 is 1.03 bits per heavy atom. The molecule has 182 valence electrons. The number of fused-ring (bicyclic) bond motifs is 3. The second-order valence-corrected chi connectivity index (χ2v) is 9.72. The molecule has 1 N–H and O–H groups in total. The summed E-state index contributed by atoms with van der Waals surface area (Å²) in [5, 5.41) is 2.93. The molecule has 2 fully saturated rings. The molecule has 1 atom stereocenters. The lowest BCUT2D eigenvalue weighted by Crippen LogP contribution is -2.62. The number of nitrogens with one attached hydrogen (secondary N) is 1. The van der Waals surface area contributed by atoms with E-state index in [4.69, 9.17) is 0 Å². The Labute approximate surface area is 204 Å². The number of hydrogen-bond donors (Lipinski definition) is 1. The topological polar surface area (TPSA) is 90.0 Å². The Morgan fingerprint density at radius 3 is 2.54 bits per heavy atom. The fourth-order valence-corrected chi connectivity index (χ4v) is 5.56. The van der Waals surface area contributed by atoms with Crippen LogP contribution < -0.4 is 10.2 Å². The lowest BCUT2D eigenvalue weighted by Gasteiger charge is -2.48. The van der Waals surface area contributed by atoms with Crippen LogP contribution in [0.4, 0.5) is 11.4 Å². The number of amides is 4. The SMILES string of the molecule is Cc1cccc(C(=O)N2CCCC2)c1NC(=O)CCN1C(=O)c2ccccc2N2C(=O)CCC12C. The van der Waals surface area contributed by atoms with E-state index in [-0.39, 0.29) is 36.6 Å². The van der Waals surface area contributed by atoms with Crippen LogP contribution in [0.25, 0.3) is 0 Å². The lowest BCUT2D eigenvalue weighted by molar-refractivity contribution is -0.117. The van der Waals surface area contributed by atoms with Crippen molar-refractivity contribution in [2.75, 3.05) is 29.9 Å². The van der Waals surface area contributed by atoms with Crippen molar-refractivity contribution in [3.05, 3.63) is 59.2 Å². The summed E-state index contributed by atoms with van der Waals surface area (Å²) in [7, 11) is 0. The quantitative estimate of drug-likeness (QED) is 0.718. The van der Waals surface area contributed by atoms with Gasteiger partial charge in [0.2, 0.25) is 11.8 Å². The number of carbonyl (C=O) groups excluding carboxylic acids is 4. The fraction of sp³-hybridized carbons (Fsp3) is 0.407. The van der Waals surface area contributed by atoms with Crippen molar-refractivity contribution in [3.63, 3.8) is 0 Å². The molecular weight excluding hydrogens is 444 g/mol. The van der Waals surface area contributed by atoms with Gasteiger partial charge in [-0.15, -0.1) is 0 Å². The van der Waals surface area contributed by atoms with Gasteiger partial charge in [-0.1, -0.05) is 24.3 Å². The summed E-state index contributed by atoms with van der Waals surface area (Å²) in [6, 6.07) is 12.6. The third-order valence-corrected chi connectivity index (χ3v) is 7.47. The van der Waals surface area contributed by atoms with Crippen LogP contribution in [0, 0.1) is 6.92 Å². The van der Waals surface area contributed by atoms with Gasteiger partial charge in [-0.25, -0.2) is 0 Å². The molecule has 1 unspecified atom stereocenters. The number of para-hydroxylation sites is 2. The molecule has 0 bridgehead atoms. The summed E-state index contributed by atoms with van der Waals surface area (Å²) < 4.78 is 0. The second-order valence-electron chi connectivity index (χ2n) is 9.72. The molecule has 5 rings (SSSR count). The molecule has 2 saturated heterocycles. The Hall–Kier alpha value is -3.68. The van der Waals surface area contributed by atoms with E-state index in [1.165, 1.54) is 0 Å². The molecule has 0 spiro atoms. The van der Waals surface area contributed by atoms with Gasteiger partial charge in [0.25, 0.3) is 11.8 Å². The van der Waals surface area contributed by atoms with Crippen LogP contribution in [-0.2, 0) is 9.59 Å². The summed E-state index contributed by atoms with van der Waals surface area (Å²) in [6.07, 6.45) is 2.90. The van der Waals surface area contributed by atoms with E-state index in [9.17, 15) is 19.2 Å². The number of anilines is 2. The average molecular weight is 475 g/mol. The highest BCUT2D eigenvalue weighted by Crippen LogP contribution is 2.44. The maximum atomic E-state index is 13.4. The first-order chi connectivity index (χ1) is 16.8. The molecule has 2 aromatic carbocycles. The molecule has 0 aromatic heterocycles. The van der Waals surface area contributed by atoms with Crippen molar-refractivity contribution in [2.45, 2.75) is 51.6 Å². The Bertz CT molecular complexity index is 1220. The standard InChI is InChI=1S/C27H30N4O4/c1-18-8-7-10-20(25(34)29-15-5-6-16-29)24(18)28-22(32)13-17-30-26(35)19-9-3-4-11-21(19)31-23(33)12-14-27(30,31)2/h3-4,7-11H,5-6,12-17H2,1-2H3,(H,28,32). The summed E-state index contributed by atoms with van der Waals surface area (Å²) in [5.74, 6) is -0.549. The Kier molecular flexibility index (Phi) is 5.83. The van der Waals surface area contributed by atoms with Crippen molar-refractivity contribution in [3.8, 4) is 0 Å².